The molecule has 2 aliphatic carbocycles. The van der Waals surface area contributed by atoms with Gasteiger partial charge in [0.2, 0.25) is 11.8 Å². The lowest BCUT2D eigenvalue weighted by Gasteiger charge is -2.24. The molecule has 0 radical (unpaired) electrons. The highest BCUT2D eigenvalue weighted by Gasteiger charge is 2.44. The Morgan fingerprint density at radius 2 is 1.66 bits per heavy atom. The zero-order valence-corrected chi connectivity index (χ0v) is 22.5. The van der Waals surface area contributed by atoms with Gasteiger partial charge in [0.1, 0.15) is 30.3 Å². The summed E-state index contributed by atoms with van der Waals surface area (Å²) >= 11 is 0. The Morgan fingerprint density at radius 3 is 2.29 bits per heavy atom. The van der Waals surface area contributed by atoms with Gasteiger partial charge in [-0.2, -0.15) is 0 Å². The molecule has 2 fully saturated rings. The summed E-state index contributed by atoms with van der Waals surface area (Å²) in [7, 11) is 0. The number of para-hydroxylation sites is 1. The highest BCUT2D eigenvalue weighted by atomic mass is 16.6. The molecule has 0 saturated heterocycles. The lowest BCUT2D eigenvalue weighted by molar-refractivity contribution is -0.151. The van der Waals surface area contributed by atoms with Crippen LogP contribution in [0.3, 0.4) is 0 Å². The van der Waals surface area contributed by atoms with E-state index in [1.807, 2.05) is 24.3 Å². The molecular formula is C28H38N4O6. The maximum absolute atomic E-state index is 13.2. The molecule has 4 rings (SSSR count). The molecule has 0 bridgehead atoms. The van der Waals surface area contributed by atoms with Gasteiger partial charge in [-0.25, -0.2) is 4.79 Å². The van der Waals surface area contributed by atoms with Gasteiger partial charge < -0.3 is 30.4 Å². The predicted octanol–water partition coefficient (Wildman–Crippen LogP) is 2.96. The number of ether oxygens (including phenoxy) is 2. The third kappa shape index (κ3) is 7.72. The first-order valence-electron chi connectivity index (χ1n) is 13.3. The Hall–Kier alpha value is -3.56. The number of hydrogen-bond acceptors (Lipinski definition) is 6. The monoisotopic (exact) mass is 526 g/mol. The van der Waals surface area contributed by atoms with Crippen LogP contribution < -0.4 is 16.0 Å². The van der Waals surface area contributed by atoms with Crippen molar-refractivity contribution in [1.82, 2.24) is 20.9 Å². The first-order valence-corrected chi connectivity index (χ1v) is 13.3. The summed E-state index contributed by atoms with van der Waals surface area (Å²) in [6.45, 7) is 6.46. The molecule has 10 nitrogen and oxygen atoms in total. The molecule has 2 aliphatic rings. The molecule has 2 saturated carbocycles. The fourth-order valence-electron chi connectivity index (χ4n) is 4.49. The van der Waals surface area contributed by atoms with Gasteiger partial charge in [-0.15, -0.1) is 0 Å². The second-order valence-electron chi connectivity index (χ2n) is 11.3. The fourth-order valence-corrected chi connectivity index (χ4v) is 4.49. The Labute approximate surface area is 222 Å². The molecule has 206 valence electrons. The van der Waals surface area contributed by atoms with Crippen LogP contribution in [0.4, 0.5) is 4.79 Å². The minimum absolute atomic E-state index is 0.0410. The third-order valence-electron chi connectivity index (χ3n) is 6.71. The van der Waals surface area contributed by atoms with Crippen LogP contribution in [0.5, 0.6) is 0 Å². The molecular weight excluding hydrogens is 488 g/mol. The molecule has 0 aliphatic heterocycles. The first kappa shape index (κ1) is 27.5. The van der Waals surface area contributed by atoms with E-state index in [2.05, 4.69) is 20.9 Å². The van der Waals surface area contributed by atoms with Crippen LogP contribution in [0.1, 0.15) is 58.9 Å². The molecule has 10 heteroatoms. The molecule has 1 aromatic heterocycles. The van der Waals surface area contributed by atoms with Gasteiger partial charge in [-0.1, -0.05) is 18.2 Å². The standard InChI is InChI=1S/C28H38N4O6/c1-16(25(34)30-15-23(33)37-24(17-9-10-17)18-11-12-18)31-26(35)22(32-27(36)38-28(2,3)4)13-19-14-29-21-8-6-5-7-20(19)21/h5-8,14,16-18,22,24,29H,9-13,15H2,1-4H3,(H,30,34)(H,31,35)(H,32,36)/t16-,22-/m0/s1. The summed E-state index contributed by atoms with van der Waals surface area (Å²) < 4.78 is 11.0. The molecule has 4 N–H and O–H groups in total. The molecule has 38 heavy (non-hydrogen) atoms. The number of aromatic nitrogens is 1. The Balaban J connectivity index is 1.34. The average Bonchev–Trinajstić information content (AvgIpc) is 3.78. The van der Waals surface area contributed by atoms with Crippen molar-refractivity contribution in [3.8, 4) is 0 Å². The average molecular weight is 527 g/mol. The van der Waals surface area contributed by atoms with Gasteiger partial charge in [-0.3, -0.25) is 14.4 Å². The third-order valence-corrected chi connectivity index (χ3v) is 6.71. The highest BCUT2D eigenvalue weighted by Crippen LogP contribution is 2.46. The van der Waals surface area contributed by atoms with Crippen LogP contribution >= 0.6 is 0 Å². The second kappa shape index (κ2) is 11.4. The second-order valence-corrected chi connectivity index (χ2v) is 11.3. The van der Waals surface area contributed by atoms with E-state index in [0.717, 1.165) is 42.1 Å². The normalized spacial score (nSPS) is 17.0. The largest absolute Gasteiger partial charge is 0.460 e. The van der Waals surface area contributed by atoms with Gasteiger partial charge in [0.15, 0.2) is 0 Å². The predicted molar refractivity (Wildman–Crippen MR) is 141 cm³/mol. The van der Waals surface area contributed by atoms with Crippen molar-refractivity contribution in [3.63, 3.8) is 0 Å². The summed E-state index contributed by atoms with van der Waals surface area (Å²) in [4.78, 5) is 53.8. The van der Waals surface area contributed by atoms with Gasteiger partial charge in [0, 0.05) is 23.5 Å². The number of amides is 3. The minimum Gasteiger partial charge on any atom is -0.460 e. The SMILES string of the molecule is C[C@H](NC(=O)[C@H](Cc1c[nH]c2ccccc12)NC(=O)OC(C)(C)C)C(=O)NCC(=O)OC(C1CC1)C1CC1. The van der Waals surface area contributed by atoms with E-state index in [1.54, 1.807) is 27.0 Å². The van der Waals surface area contributed by atoms with E-state index < -0.39 is 41.6 Å². The number of rotatable bonds is 11. The number of benzene rings is 1. The lowest BCUT2D eigenvalue weighted by Crippen LogP contribution is -2.54. The summed E-state index contributed by atoms with van der Waals surface area (Å²) in [5.41, 5.74) is 0.993. The van der Waals surface area contributed by atoms with E-state index in [9.17, 15) is 19.2 Å². The molecule has 2 atom stereocenters. The number of nitrogens with one attached hydrogen (secondary N) is 4. The van der Waals surface area contributed by atoms with Gasteiger partial charge in [0.25, 0.3) is 0 Å². The number of esters is 1. The number of alkyl carbamates (subject to hydrolysis) is 1. The van der Waals surface area contributed by atoms with E-state index >= 15 is 0 Å². The Kier molecular flexibility index (Phi) is 8.28. The number of hydrogen-bond donors (Lipinski definition) is 4. The summed E-state index contributed by atoms with van der Waals surface area (Å²) in [6.07, 6.45) is 5.53. The maximum Gasteiger partial charge on any atom is 0.408 e. The maximum atomic E-state index is 13.2. The van der Waals surface area contributed by atoms with Crippen LogP contribution in [-0.4, -0.2) is 59.2 Å². The number of carbonyl (C=O) groups is 4. The van der Waals surface area contributed by atoms with E-state index in [1.165, 1.54) is 6.92 Å². The van der Waals surface area contributed by atoms with Crippen molar-refractivity contribution < 1.29 is 28.7 Å². The Morgan fingerprint density at radius 1 is 1.00 bits per heavy atom. The molecule has 1 heterocycles. The summed E-state index contributed by atoms with van der Waals surface area (Å²) in [5.74, 6) is -0.634. The van der Waals surface area contributed by atoms with Gasteiger partial charge >= 0.3 is 12.1 Å². The van der Waals surface area contributed by atoms with E-state index in [-0.39, 0.29) is 19.1 Å². The minimum atomic E-state index is -0.998. The van der Waals surface area contributed by atoms with E-state index in [4.69, 9.17) is 9.47 Å². The van der Waals surface area contributed by atoms with Crippen molar-refractivity contribution in [2.75, 3.05) is 6.54 Å². The number of H-pyrrole nitrogens is 1. The van der Waals surface area contributed by atoms with Gasteiger partial charge in [-0.05, 0) is 76.8 Å². The van der Waals surface area contributed by atoms with E-state index in [0.29, 0.717) is 11.8 Å². The van der Waals surface area contributed by atoms with Crippen LogP contribution in [0.25, 0.3) is 10.9 Å². The molecule has 1 aromatic carbocycles. The van der Waals surface area contributed by atoms with Crippen LogP contribution in [-0.2, 0) is 30.3 Å². The van der Waals surface area contributed by atoms with Crippen molar-refractivity contribution >= 4 is 34.8 Å². The number of aromatic amines is 1. The smallest absolute Gasteiger partial charge is 0.408 e. The topological polar surface area (TPSA) is 139 Å². The van der Waals surface area contributed by atoms with Crippen LogP contribution in [0.15, 0.2) is 30.5 Å². The first-order chi connectivity index (χ1) is 18.0. The molecule has 0 spiro atoms. The Bertz CT molecular complexity index is 1170. The summed E-state index contributed by atoms with van der Waals surface area (Å²) in [5, 5.41) is 8.75. The van der Waals surface area contributed by atoms with Crippen molar-refractivity contribution in [1.29, 1.82) is 0 Å². The molecule has 3 amide bonds. The van der Waals surface area contributed by atoms with Crippen molar-refractivity contribution in [3.05, 3.63) is 36.0 Å². The van der Waals surface area contributed by atoms with Crippen LogP contribution in [0.2, 0.25) is 0 Å². The molecule has 2 aromatic rings. The van der Waals surface area contributed by atoms with Crippen molar-refractivity contribution in [2.45, 2.75) is 83.6 Å². The quantitative estimate of drug-likeness (QED) is 0.332. The zero-order valence-electron chi connectivity index (χ0n) is 22.5. The van der Waals surface area contributed by atoms with Crippen LogP contribution in [0, 0.1) is 11.8 Å². The highest BCUT2D eigenvalue weighted by molar-refractivity contribution is 5.93. The zero-order chi connectivity index (χ0) is 27.4. The summed E-state index contributed by atoms with van der Waals surface area (Å²) in [6, 6.07) is 5.70. The van der Waals surface area contributed by atoms with Crippen molar-refractivity contribution in [2.24, 2.45) is 11.8 Å². The number of carbonyl (C=O) groups excluding carboxylic acids is 4. The fraction of sp³-hybridized carbons (Fsp3) is 0.571. The van der Waals surface area contributed by atoms with Gasteiger partial charge in [0.05, 0.1) is 0 Å². The molecule has 0 unspecified atom stereocenters. The lowest BCUT2D eigenvalue weighted by atomic mass is 10.0. The number of fused-ring (bicyclic) bond motifs is 1.